The van der Waals surface area contributed by atoms with E-state index in [4.69, 9.17) is 0 Å². The summed E-state index contributed by atoms with van der Waals surface area (Å²) in [6.45, 7) is 6.34. The first-order valence-electron chi connectivity index (χ1n) is 5.88. The van der Waals surface area contributed by atoms with Crippen molar-refractivity contribution in [2.75, 3.05) is 13.1 Å². The molecule has 0 aliphatic rings. The summed E-state index contributed by atoms with van der Waals surface area (Å²) in [5.74, 6) is 0. The molecular weight excluding hydrogens is 230 g/mol. The Balaban J connectivity index is 2.18. The zero-order chi connectivity index (χ0) is 12.1. The topological polar surface area (TPSA) is 37.8 Å². The minimum atomic E-state index is 0.508. The van der Waals surface area contributed by atoms with Crippen LogP contribution in [0.25, 0.3) is 10.9 Å². The van der Waals surface area contributed by atoms with Crippen molar-refractivity contribution in [1.29, 1.82) is 0 Å². The lowest BCUT2D eigenvalue weighted by Crippen LogP contribution is -2.22. The summed E-state index contributed by atoms with van der Waals surface area (Å²) in [5, 5.41) is 6.07. The zero-order valence-corrected chi connectivity index (χ0v) is 11.0. The fraction of sp³-hybridized carbons (Fsp3) is 0.385. The maximum Gasteiger partial charge on any atom is 0.117 e. The highest BCUT2D eigenvalue weighted by Crippen LogP contribution is 2.27. The van der Waals surface area contributed by atoms with Crippen molar-refractivity contribution < 1.29 is 0 Å². The maximum absolute atomic E-state index is 4.38. The highest BCUT2D eigenvalue weighted by Gasteiger charge is 2.08. The molecule has 0 amide bonds. The van der Waals surface area contributed by atoms with Gasteiger partial charge in [0.1, 0.15) is 11.4 Å². The second-order valence-electron chi connectivity index (χ2n) is 3.93. The van der Waals surface area contributed by atoms with Crippen LogP contribution in [0.15, 0.2) is 35.6 Å². The van der Waals surface area contributed by atoms with Crippen molar-refractivity contribution in [2.45, 2.75) is 24.1 Å². The minimum absolute atomic E-state index is 0.508. The molecule has 4 heteroatoms. The molecule has 17 heavy (non-hydrogen) atoms. The van der Waals surface area contributed by atoms with E-state index in [9.17, 15) is 0 Å². The summed E-state index contributed by atoms with van der Waals surface area (Å²) in [7, 11) is 0. The first kappa shape index (κ1) is 12.3. The molecule has 90 valence electrons. The highest BCUT2D eigenvalue weighted by molar-refractivity contribution is 8.00. The number of rotatable bonds is 5. The van der Waals surface area contributed by atoms with E-state index in [-0.39, 0.29) is 0 Å². The normalized spacial score (nSPS) is 12.8. The third kappa shape index (κ3) is 3.17. The second-order valence-corrected chi connectivity index (χ2v) is 5.36. The van der Waals surface area contributed by atoms with E-state index in [2.05, 4.69) is 35.2 Å². The van der Waals surface area contributed by atoms with Crippen LogP contribution >= 0.6 is 11.8 Å². The molecule has 0 fully saturated rings. The van der Waals surface area contributed by atoms with Crippen LogP contribution in [0, 0.1) is 0 Å². The van der Waals surface area contributed by atoms with Crippen LogP contribution in [-0.4, -0.2) is 28.3 Å². The molecule has 1 atom stereocenters. The molecule has 0 aliphatic carbocycles. The predicted octanol–water partition coefficient (Wildman–Crippen LogP) is 2.72. The Kier molecular flexibility index (Phi) is 4.34. The summed E-state index contributed by atoms with van der Waals surface area (Å²) in [5.41, 5.74) is 1.01. The molecule has 1 unspecified atom stereocenters. The average molecular weight is 247 g/mol. The molecule has 3 nitrogen and oxygen atoms in total. The van der Waals surface area contributed by atoms with Gasteiger partial charge in [-0.2, -0.15) is 0 Å². The number of fused-ring (bicyclic) bond motifs is 1. The van der Waals surface area contributed by atoms with Crippen LogP contribution in [0.2, 0.25) is 0 Å². The summed E-state index contributed by atoms with van der Waals surface area (Å²) in [6.07, 6.45) is 1.64. The molecule has 0 spiro atoms. The number of hydrogen-bond donors (Lipinski definition) is 1. The van der Waals surface area contributed by atoms with E-state index in [0.717, 1.165) is 29.0 Å². The van der Waals surface area contributed by atoms with Crippen LogP contribution in [0.3, 0.4) is 0 Å². The van der Waals surface area contributed by atoms with E-state index < -0.39 is 0 Å². The Labute approximate surface area is 106 Å². The zero-order valence-electron chi connectivity index (χ0n) is 10.2. The molecule has 2 rings (SSSR count). The van der Waals surface area contributed by atoms with Gasteiger partial charge in [0.25, 0.3) is 0 Å². The number of para-hydroxylation sites is 1. The Hall–Kier alpha value is -1.13. The maximum atomic E-state index is 4.38. The molecule has 1 heterocycles. The Morgan fingerprint density at radius 2 is 2.12 bits per heavy atom. The SMILES string of the molecule is CCNCC(C)Sc1ncnc2ccccc12. The molecule has 0 saturated heterocycles. The lowest BCUT2D eigenvalue weighted by molar-refractivity contribution is 0.712. The van der Waals surface area contributed by atoms with E-state index >= 15 is 0 Å². The monoisotopic (exact) mass is 247 g/mol. The highest BCUT2D eigenvalue weighted by atomic mass is 32.2. The first-order valence-corrected chi connectivity index (χ1v) is 6.76. The van der Waals surface area contributed by atoms with Crippen LogP contribution in [0.1, 0.15) is 13.8 Å². The van der Waals surface area contributed by atoms with Gasteiger partial charge >= 0.3 is 0 Å². The molecule has 1 N–H and O–H groups in total. The quantitative estimate of drug-likeness (QED) is 0.651. The van der Waals surface area contributed by atoms with Crippen molar-refractivity contribution in [1.82, 2.24) is 15.3 Å². The fourth-order valence-corrected chi connectivity index (χ4v) is 2.64. The summed E-state index contributed by atoms with van der Waals surface area (Å²) in [4.78, 5) is 8.65. The van der Waals surface area contributed by atoms with E-state index in [1.807, 2.05) is 18.2 Å². The molecule has 1 aromatic carbocycles. The number of aromatic nitrogens is 2. The van der Waals surface area contributed by atoms with Crippen molar-refractivity contribution in [3.8, 4) is 0 Å². The largest absolute Gasteiger partial charge is 0.316 e. The van der Waals surface area contributed by atoms with Gasteiger partial charge in [-0.15, -0.1) is 11.8 Å². The molecule has 0 saturated carbocycles. The van der Waals surface area contributed by atoms with Gasteiger partial charge in [0.2, 0.25) is 0 Å². The lowest BCUT2D eigenvalue weighted by atomic mass is 10.2. The second kappa shape index (κ2) is 5.98. The van der Waals surface area contributed by atoms with E-state index in [1.165, 1.54) is 0 Å². The third-order valence-electron chi connectivity index (χ3n) is 2.50. The summed E-state index contributed by atoms with van der Waals surface area (Å²) < 4.78 is 0. The van der Waals surface area contributed by atoms with E-state index in [0.29, 0.717) is 5.25 Å². The van der Waals surface area contributed by atoms with Gasteiger partial charge in [-0.25, -0.2) is 9.97 Å². The molecule has 0 bridgehead atoms. The number of nitrogens with one attached hydrogen (secondary N) is 1. The number of hydrogen-bond acceptors (Lipinski definition) is 4. The van der Waals surface area contributed by atoms with Crippen molar-refractivity contribution in [3.05, 3.63) is 30.6 Å². The number of benzene rings is 1. The standard InChI is InChI=1S/C13H17N3S/c1-3-14-8-10(2)17-13-11-6-4-5-7-12(11)15-9-16-13/h4-7,9-10,14H,3,8H2,1-2H3. The molecule has 0 aliphatic heterocycles. The Morgan fingerprint density at radius 1 is 1.29 bits per heavy atom. The van der Waals surface area contributed by atoms with Gasteiger partial charge in [-0.3, -0.25) is 0 Å². The van der Waals surface area contributed by atoms with Gasteiger partial charge in [0.05, 0.1) is 5.52 Å². The summed E-state index contributed by atoms with van der Waals surface area (Å²) >= 11 is 1.80. The van der Waals surface area contributed by atoms with Crippen LogP contribution in [0.5, 0.6) is 0 Å². The molecule has 0 radical (unpaired) electrons. The fourth-order valence-electron chi connectivity index (χ4n) is 1.65. The number of nitrogens with zero attached hydrogens (tertiary/aromatic N) is 2. The van der Waals surface area contributed by atoms with Crippen LogP contribution in [0.4, 0.5) is 0 Å². The van der Waals surface area contributed by atoms with Crippen molar-refractivity contribution >= 4 is 22.7 Å². The van der Waals surface area contributed by atoms with Crippen molar-refractivity contribution in [3.63, 3.8) is 0 Å². The van der Waals surface area contributed by atoms with E-state index in [1.54, 1.807) is 18.1 Å². The van der Waals surface area contributed by atoms with Crippen LogP contribution in [-0.2, 0) is 0 Å². The molecule has 1 aromatic heterocycles. The third-order valence-corrected chi connectivity index (χ3v) is 3.62. The predicted molar refractivity (Wildman–Crippen MR) is 73.4 cm³/mol. The number of thioether (sulfide) groups is 1. The minimum Gasteiger partial charge on any atom is -0.316 e. The molecular formula is C13H17N3S. The first-order chi connectivity index (χ1) is 8.31. The van der Waals surface area contributed by atoms with Crippen molar-refractivity contribution in [2.24, 2.45) is 0 Å². The summed E-state index contributed by atoms with van der Waals surface area (Å²) in [6, 6.07) is 8.14. The smallest absolute Gasteiger partial charge is 0.117 e. The average Bonchev–Trinajstić information content (AvgIpc) is 2.37. The molecule has 2 aromatic rings. The van der Waals surface area contributed by atoms with Gasteiger partial charge in [-0.05, 0) is 12.6 Å². The van der Waals surface area contributed by atoms with Gasteiger partial charge in [0.15, 0.2) is 0 Å². The van der Waals surface area contributed by atoms with Crippen LogP contribution < -0.4 is 5.32 Å². The van der Waals surface area contributed by atoms with Gasteiger partial charge < -0.3 is 5.32 Å². The lowest BCUT2D eigenvalue weighted by Gasteiger charge is -2.11. The van der Waals surface area contributed by atoms with Gasteiger partial charge in [0, 0.05) is 17.2 Å². The van der Waals surface area contributed by atoms with Gasteiger partial charge in [-0.1, -0.05) is 32.0 Å². The Morgan fingerprint density at radius 3 is 2.94 bits per heavy atom. The Bertz CT molecular complexity index is 482.